The molecule has 0 saturated heterocycles. The fraction of sp³-hybridized carbons (Fsp3) is 0.429. The number of methoxy groups -OCH3 is 2. The van der Waals surface area contributed by atoms with Crippen LogP contribution in [0.4, 0.5) is 0 Å². The Hall–Kier alpha value is -1.66. The van der Waals surface area contributed by atoms with Gasteiger partial charge in [-0.25, -0.2) is 0 Å². The van der Waals surface area contributed by atoms with E-state index in [0.29, 0.717) is 17.1 Å². The van der Waals surface area contributed by atoms with Gasteiger partial charge in [0.25, 0.3) is 0 Å². The number of hydrogen-bond donors (Lipinski definition) is 1. The molecular weight excluding hydrogens is 276 g/mol. The first-order chi connectivity index (χ1) is 9.72. The second kappa shape index (κ2) is 6.67. The van der Waals surface area contributed by atoms with Gasteiger partial charge in [0.2, 0.25) is 0 Å². The Labute approximate surface area is 122 Å². The van der Waals surface area contributed by atoms with Crippen molar-refractivity contribution < 1.29 is 14.6 Å². The van der Waals surface area contributed by atoms with E-state index in [1.54, 1.807) is 26.4 Å². The van der Waals surface area contributed by atoms with E-state index in [4.69, 9.17) is 9.47 Å². The average Bonchev–Trinajstić information content (AvgIpc) is 2.94. The molecule has 0 fully saturated rings. The molecule has 0 aliphatic carbocycles. The molecule has 0 radical (unpaired) electrons. The predicted molar refractivity (Wildman–Crippen MR) is 77.5 cm³/mol. The summed E-state index contributed by atoms with van der Waals surface area (Å²) in [6.07, 6.45) is 0.900. The van der Waals surface area contributed by atoms with Crippen LogP contribution in [-0.2, 0) is 6.42 Å². The van der Waals surface area contributed by atoms with Crippen molar-refractivity contribution in [2.45, 2.75) is 25.9 Å². The molecule has 0 bridgehead atoms. The van der Waals surface area contributed by atoms with Gasteiger partial charge < -0.3 is 14.6 Å². The van der Waals surface area contributed by atoms with Crippen molar-refractivity contribution in [1.82, 2.24) is 9.59 Å². The molecule has 1 aromatic heterocycles. The van der Waals surface area contributed by atoms with E-state index >= 15 is 0 Å². The lowest BCUT2D eigenvalue weighted by atomic mass is 10.0. The lowest BCUT2D eigenvalue weighted by Crippen LogP contribution is -2.06. The summed E-state index contributed by atoms with van der Waals surface area (Å²) in [5, 5.41) is 14.8. The van der Waals surface area contributed by atoms with E-state index in [0.717, 1.165) is 23.4 Å². The highest BCUT2D eigenvalue weighted by molar-refractivity contribution is 7.05. The van der Waals surface area contributed by atoms with Gasteiger partial charge in [-0.05, 0) is 30.1 Å². The monoisotopic (exact) mass is 294 g/mol. The van der Waals surface area contributed by atoms with Crippen LogP contribution in [-0.4, -0.2) is 28.9 Å². The van der Waals surface area contributed by atoms with Crippen molar-refractivity contribution in [1.29, 1.82) is 0 Å². The van der Waals surface area contributed by atoms with Gasteiger partial charge in [-0.1, -0.05) is 23.9 Å². The summed E-state index contributed by atoms with van der Waals surface area (Å²) in [5.41, 5.74) is 1.44. The third kappa shape index (κ3) is 2.76. The largest absolute Gasteiger partial charge is 0.496 e. The van der Waals surface area contributed by atoms with Crippen LogP contribution in [0.2, 0.25) is 0 Å². The normalized spacial score (nSPS) is 12.2. The molecule has 0 amide bonds. The summed E-state index contributed by atoms with van der Waals surface area (Å²) < 4.78 is 14.6. The lowest BCUT2D eigenvalue weighted by Gasteiger charge is -2.17. The second-order valence-electron chi connectivity index (χ2n) is 4.31. The van der Waals surface area contributed by atoms with Crippen LogP contribution in [0.25, 0.3) is 0 Å². The van der Waals surface area contributed by atoms with Crippen molar-refractivity contribution in [3.8, 4) is 11.5 Å². The van der Waals surface area contributed by atoms with E-state index in [1.165, 1.54) is 11.5 Å². The predicted octanol–water partition coefficient (Wildman–Crippen LogP) is 2.59. The second-order valence-corrected chi connectivity index (χ2v) is 5.10. The first-order valence-electron chi connectivity index (χ1n) is 6.43. The fourth-order valence-electron chi connectivity index (χ4n) is 2.11. The minimum absolute atomic E-state index is 0.590. The smallest absolute Gasteiger partial charge is 0.128 e. The molecule has 2 aromatic rings. The topological polar surface area (TPSA) is 64.5 Å². The third-order valence-electron chi connectivity index (χ3n) is 3.06. The van der Waals surface area contributed by atoms with Gasteiger partial charge in [0.1, 0.15) is 17.6 Å². The molecule has 1 aromatic carbocycles. The lowest BCUT2D eigenvalue weighted by molar-refractivity contribution is 0.211. The number of benzene rings is 1. The van der Waals surface area contributed by atoms with Crippen molar-refractivity contribution in [2.75, 3.05) is 14.2 Å². The zero-order valence-corrected chi connectivity index (χ0v) is 12.6. The Morgan fingerprint density at radius 2 is 1.90 bits per heavy atom. The highest BCUT2D eigenvalue weighted by atomic mass is 32.1. The van der Waals surface area contributed by atoms with E-state index in [-0.39, 0.29) is 0 Å². The minimum Gasteiger partial charge on any atom is -0.496 e. The van der Waals surface area contributed by atoms with E-state index < -0.39 is 6.10 Å². The highest BCUT2D eigenvalue weighted by Gasteiger charge is 2.25. The Balaban J connectivity index is 2.46. The van der Waals surface area contributed by atoms with E-state index in [2.05, 4.69) is 16.5 Å². The molecule has 6 heteroatoms. The summed E-state index contributed by atoms with van der Waals surface area (Å²) in [6.45, 7) is 2.07. The SMILES string of the molecule is CCCc1nnsc1C(O)c1c(OC)cccc1OC. The maximum absolute atomic E-state index is 10.7. The fourth-order valence-corrected chi connectivity index (χ4v) is 2.81. The molecule has 1 atom stereocenters. The Morgan fingerprint density at radius 3 is 2.45 bits per heavy atom. The molecule has 20 heavy (non-hydrogen) atoms. The molecule has 1 unspecified atom stereocenters. The van der Waals surface area contributed by atoms with Crippen molar-refractivity contribution >= 4 is 11.5 Å². The number of aliphatic hydroxyl groups excluding tert-OH is 1. The number of rotatable bonds is 6. The van der Waals surface area contributed by atoms with Gasteiger partial charge in [-0.3, -0.25) is 0 Å². The molecule has 108 valence electrons. The first-order valence-corrected chi connectivity index (χ1v) is 7.20. The summed E-state index contributed by atoms with van der Waals surface area (Å²) in [7, 11) is 3.14. The molecule has 0 saturated carbocycles. The summed E-state index contributed by atoms with van der Waals surface area (Å²) in [4.78, 5) is 0.745. The van der Waals surface area contributed by atoms with Crippen LogP contribution in [0.3, 0.4) is 0 Å². The van der Waals surface area contributed by atoms with Gasteiger partial charge >= 0.3 is 0 Å². The van der Waals surface area contributed by atoms with Gasteiger partial charge in [0.05, 0.1) is 30.4 Å². The zero-order valence-electron chi connectivity index (χ0n) is 11.8. The van der Waals surface area contributed by atoms with Crippen LogP contribution in [0.15, 0.2) is 18.2 Å². The average molecular weight is 294 g/mol. The van der Waals surface area contributed by atoms with Gasteiger partial charge in [0, 0.05) is 0 Å². The Kier molecular flexibility index (Phi) is 4.92. The Morgan fingerprint density at radius 1 is 1.25 bits per heavy atom. The summed E-state index contributed by atoms with van der Waals surface area (Å²) in [6, 6.07) is 5.43. The van der Waals surface area contributed by atoms with Crippen molar-refractivity contribution in [3.05, 3.63) is 34.3 Å². The number of hydrogen-bond acceptors (Lipinski definition) is 6. The maximum atomic E-state index is 10.7. The van der Waals surface area contributed by atoms with Crippen LogP contribution >= 0.6 is 11.5 Å². The summed E-state index contributed by atoms with van der Waals surface area (Å²) in [5.74, 6) is 1.18. The van der Waals surface area contributed by atoms with Crippen LogP contribution < -0.4 is 9.47 Å². The molecule has 0 aliphatic heterocycles. The zero-order chi connectivity index (χ0) is 14.5. The Bertz CT molecular complexity index is 549. The number of aromatic nitrogens is 2. The summed E-state index contributed by atoms with van der Waals surface area (Å²) >= 11 is 1.21. The van der Waals surface area contributed by atoms with Gasteiger partial charge in [-0.2, -0.15) is 0 Å². The molecule has 0 aliphatic rings. The van der Waals surface area contributed by atoms with Crippen LogP contribution in [0, 0.1) is 0 Å². The molecule has 5 nitrogen and oxygen atoms in total. The van der Waals surface area contributed by atoms with Crippen LogP contribution in [0.5, 0.6) is 11.5 Å². The molecule has 2 rings (SSSR count). The van der Waals surface area contributed by atoms with Crippen molar-refractivity contribution in [2.24, 2.45) is 0 Å². The highest BCUT2D eigenvalue weighted by Crippen LogP contribution is 2.39. The standard InChI is InChI=1S/C14H18N2O3S/c1-4-6-9-14(20-16-15-9)13(17)12-10(18-2)7-5-8-11(12)19-3/h5,7-8,13,17H,4,6H2,1-3H3. The maximum Gasteiger partial charge on any atom is 0.128 e. The number of ether oxygens (including phenoxy) is 2. The van der Waals surface area contributed by atoms with E-state index in [9.17, 15) is 5.11 Å². The first kappa shape index (κ1) is 14.7. The minimum atomic E-state index is -0.845. The van der Waals surface area contributed by atoms with Gasteiger partial charge in [0.15, 0.2) is 0 Å². The van der Waals surface area contributed by atoms with Crippen LogP contribution in [0.1, 0.15) is 35.6 Å². The molecule has 0 spiro atoms. The number of nitrogens with zero attached hydrogens (tertiary/aromatic N) is 2. The number of aryl methyl sites for hydroxylation is 1. The molecule has 1 heterocycles. The van der Waals surface area contributed by atoms with Gasteiger partial charge in [-0.15, -0.1) is 5.10 Å². The van der Waals surface area contributed by atoms with E-state index in [1.807, 2.05) is 6.07 Å². The third-order valence-corrected chi connectivity index (χ3v) is 3.88. The quantitative estimate of drug-likeness (QED) is 0.887. The molecular formula is C14H18N2O3S. The van der Waals surface area contributed by atoms with Crippen molar-refractivity contribution in [3.63, 3.8) is 0 Å². The molecule has 1 N–H and O–H groups in total. The number of aliphatic hydroxyl groups is 1.